The fourth-order valence-corrected chi connectivity index (χ4v) is 1.25. The molecule has 0 aromatic heterocycles. The van der Waals surface area contributed by atoms with Crippen LogP contribution in [0.3, 0.4) is 0 Å². The molecule has 2 nitrogen and oxygen atoms in total. The first-order valence-corrected chi connectivity index (χ1v) is 4.96. The van der Waals surface area contributed by atoms with Crippen LogP contribution in [0.5, 0.6) is 0 Å². The molecule has 0 aliphatic carbocycles. The number of aryl methyl sites for hydroxylation is 2. The molecule has 0 saturated heterocycles. The molecule has 0 spiro atoms. The zero-order valence-electron chi connectivity index (χ0n) is 11.5. The molecule has 0 aliphatic rings. The Bertz CT molecular complexity index is 428. The van der Waals surface area contributed by atoms with Gasteiger partial charge in [0.1, 0.15) is 0 Å². The Hall–Kier alpha value is 2.62. The summed E-state index contributed by atoms with van der Waals surface area (Å²) in [5, 5.41) is 10.9. The molecule has 2 rings (SSSR count). The van der Waals surface area contributed by atoms with Gasteiger partial charge in [0, 0.05) is 131 Å². The molecule has 0 saturated carbocycles. The molecule has 0 aliphatic heterocycles. The molecule has 0 heterocycles. The maximum absolute atomic E-state index is 9.88. The van der Waals surface area contributed by atoms with E-state index in [0.717, 1.165) is 16.2 Å². The molecular formula is C14H11NOY4-4. The van der Waals surface area contributed by atoms with E-state index < -0.39 is 0 Å². The van der Waals surface area contributed by atoms with Crippen LogP contribution in [-0.2, 0) is 131 Å². The predicted octanol–water partition coefficient (Wildman–Crippen LogP) is 3.02. The Kier molecular flexibility index (Phi) is 19.2. The number of rotatable bonds is 2. The largest absolute Gasteiger partial charge is 0.332 e. The maximum Gasteiger partial charge on any atom is 0 e. The van der Waals surface area contributed by atoms with E-state index >= 15 is 0 Å². The van der Waals surface area contributed by atoms with Crippen molar-refractivity contribution in [3.63, 3.8) is 0 Å². The minimum Gasteiger partial charge on any atom is -0.332 e. The van der Waals surface area contributed by atoms with Crippen molar-refractivity contribution in [2.45, 2.75) is 13.8 Å². The Morgan fingerprint density at radius 3 is 1.20 bits per heavy atom. The molecule has 6 heteroatoms. The van der Waals surface area contributed by atoms with E-state index in [0.29, 0.717) is 11.4 Å². The van der Waals surface area contributed by atoms with Gasteiger partial charge in [0.05, 0.1) is 0 Å². The molecule has 2 aromatic rings. The Morgan fingerprint density at radius 1 is 0.700 bits per heavy atom. The van der Waals surface area contributed by atoms with Crippen LogP contribution in [-0.4, -0.2) is 5.21 Å². The molecule has 0 atom stereocenters. The number of benzene rings is 2. The molecular weight excluding hydrogens is 554 g/mol. The standard InChI is InChI=1S/C14H11NO.4Y/c1-11-3-7-13(8-4-11)15(16)14-9-5-12(2)6-10-14;;;;/h3-6,16H,1-2H3;;;;/q-4;;;;. The number of hydrogen-bond acceptors (Lipinski definition) is 2. The van der Waals surface area contributed by atoms with Gasteiger partial charge in [0.15, 0.2) is 0 Å². The summed E-state index contributed by atoms with van der Waals surface area (Å²) in [6, 6.07) is 18.9. The van der Waals surface area contributed by atoms with Crippen LogP contribution in [0.1, 0.15) is 11.1 Å². The van der Waals surface area contributed by atoms with Crippen LogP contribution >= 0.6 is 0 Å². The second-order valence-corrected chi connectivity index (χ2v) is 3.65. The van der Waals surface area contributed by atoms with Gasteiger partial charge in [-0.2, -0.15) is 11.4 Å². The van der Waals surface area contributed by atoms with E-state index in [9.17, 15) is 5.21 Å². The van der Waals surface area contributed by atoms with Crippen molar-refractivity contribution in [3.8, 4) is 0 Å². The van der Waals surface area contributed by atoms with Gasteiger partial charge >= 0.3 is 0 Å². The summed E-state index contributed by atoms with van der Waals surface area (Å²) in [6.45, 7) is 3.89. The molecule has 2 aromatic carbocycles. The smallest absolute Gasteiger partial charge is 0 e. The number of anilines is 2. The molecule has 0 fully saturated rings. The fourth-order valence-electron chi connectivity index (χ4n) is 1.25. The molecule has 0 amide bonds. The van der Waals surface area contributed by atoms with Crippen molar-refractivity contribution in [1.29, 1.82) is 0 Å². The quantitative estimate of drug-likeness (QED) is 0.448. The third-order valence-electron chi connectivity index (χ3n) is 2.17. The second kappa shape index (κ2) is 14.0. The molecule has 0 unspecified atom stereocenters. The summed E-state index contributed by atoms with van der Waals surface area (Å²) in [6.07, 6.45) is 0. The average molecular weight is 565 g/mol. The van der Waals surface area contributed by atoms with Gasteiger partial charge < -0.3 is 29.3 Å². The normalized spacial score (nSPS) is 8.15. The number of nitrogens with zero attached hydrogens (tertiary/aromatic N) is 1. The zero-order chi connectivity index (χ0) is 11.5. The second-order valence-electron chi connectivity index (χ2n) is 3.65. The molecule has 1 N–H and O–H groups in total. The van der Waals surface area contributed by atoms with Crippen LogP contribution < -0.4 is 5.06 Å². The van der Waals surface area contributed by atoms with Crippen molar-refractivity contribution in [3.05, 3.63) is 59.7 Å². The monoisotopic (exact) mass is 565 g/mol. The first kappa shape index (κ1) is 27.5. The third kappa shape index (κ3) is 8.46. The van der Waals surface area contributed by atoms with E-state index in [2.05, 4.69) is 24.3 Å². The summed E-state index contributed by atoms with van der Waals surface area (Å²) in [5.74, 6) is 0. The third-order valence-corrected chi connectivity index (χ3v) is 2.17. The van der Waals surface area contributed by atoms with Crippen LogP contribution in [0.2, 0.25) is 0 Å². The molecule has 94 valence electrons. The van der Waals surface area contributed by atoms with E-state index in [-0.39, 0.29) is 131 Å². The maximum atomic E-state index is 9.88. The minimum absolute atomic E-state index is 0. The van der Waals surface area contributed by atoms with Crippen molar-refractivity contribution in [2.75, 3.05) is 5.06 Å². The SMILES string of the molecule is Cc1c[c-]c(N(O)c2[c-]cc(C)c[c-]2)[c-]c1.[Y].[Y].[Y].[Y]. The van der Waals surface area contributed by atoms with Gasteiger partial charge in [0.2, 0.25) is 0 Å². The van der Waals surface area contributed by atoms with Crippen molar-refractivity contribution < 1.29 is 136 Å². The van der Waals surface area contributed by atoms with E-state index in [1.54, 1.807) is 24.3 Å². The van der Waals surface area contributed by atoms with Gasteiger partial charge in [-0.1, -0.05) is 0 Å². The van der Waals surface area contributed by atoms with Gasteiger partial charge in [-0.25, -0.2) is 0 Å². The molecule has 20 heavy (non-hydrogen) atoms. The van der Waals surface area contributed by atoms with Crippen LogP contribution in [0.15, 0.2) is 24.3 Å². The summed E-state index contributed by atoms with van der Waals surface area (Å²) in [4.78, 5) is 0. The predicted molar refractivity (Wildman–Crippen MR) is 61.6 cm³/mol. The Balaban J connectivity index is -0.000000722. The van der Waals surface area contributed by atoms with Crippen LogP contribution in [0, 0.1) is 38.1 Å². The average Bonchev–Trinajstić information content (AvgIpc) is 2.30. The van der Waals surface area contributed by atoms with Crippen molar-refractivity contribution in [1.82, 2.24) is 0 Å². The summed E-state index contributed by atoms with van der Waals surface area (Å²) < 4.78 is 0. The first-order valence-electron chi connectivity index (χ1n) is 4.96. The van der Waals surface area contributed by atoms with E-state index in [4.69, 9.17) is 0 Å². The Morgan fingerprint density at radius 2 is 0.950 bits per heavy atom. The topological polar surface area (TPSA) is 23.5 Å². The first-order chi connectivity index (χ1) is 7.66. The summed E-state index contributed by atoms with van der Waals surface area (Å²) in [7, 11) is 0. The Labute approximate surface area is 221 Å². The van der Waals surface area contributed by atoms with Gasteiger partial charge in [-0.05, 0) is 0 Å². The molecule has 0 bridgehead atoms. The number of hydrogen-bond donors (Lipinski definition) is 1. The van der Waals surface area contributed by atoms with Crippen LogP contribution in [0.25, 0.3) is 0 Å². The van der Waals surface area contributed by atoms with Crippen molar-refractivity contribution in [2.24, 2.45) is 0 Å². The van der Waals surface area contributed by atoms with Crippen LogP contribution in [0.4, 0.5) is 11.4 Å². The van der Waals surface area contributed by atoms with Crippen molar-refractivity contribution >= 4 is 11.4 Å². The van der Waals surface area contributed by atoms with Gasteiger partial charge in [-0.3, -0.25) is 40.6 Å². The van der Waals surface area contributed by atoms with E-state index in [1.165, 1.54) is 0 Å². The fraction of sp³-hybridized carbons (Fsp3) is 0.143. The summed E-state index contributed by atoms with van der Waals surface area (Å²) in [5.41, 5.74) is 3.02. The van der Waals surface area contributed by atoms with Gasteiger partial charge in [0.25, 0.3) is 0 Å². The minimum atomic E-state index is 0. The summed E-state index contributed by atoms with van der Waals surface area (Å²) >= 11 is 0. The zero-order valence-corrected chi connectivity index (χ0v) is 22.9. The molecule has 4 radical (unpaired) electrons. The van der Waals surface area contributed by atoms with E-state index in [1.807, 2.05) is 13.8 Å². The van der Waals surface area contributed by atoms with Gasteiger partial charge in [-0.15, -0.1) is 13.8 Å².